The average Bonchev–Trinajstić information content (AvgIpc) is 3.62. The minimum absolute atomic E-state index is 0.0707. The number of carbonyl (C=O) groups excluding carboxylic acids is 6. The zero-order valence-corrected chi connectivity index (χ0v) is 35.9. The highest BCUT2D eigenvalue weighted by atomic mass is 32.2. The van der Waals surface area contributed by atoms with Crippen LogP contribution in [0.15, 0.2) is 96.0 Å². The predicted octanol–water partition coefficient (Wildman–Crippen LogP) is 5.81. The van der Waals surface area contributed by atoms with Gasteiger partial charge >= 0.3 is 0 Å². The largest absolute Gasteiger partial charge is 0.383 e. The van der Waals surface area contributed by atoms with Gasteiger partial charge in [-0.05, 0) is 104 Å². The molecule has 65 heavy (non-hydrogen) atoms. The molecule has 3 aliphatic rings. The molecule has 0 spiro atoms. The van der Waals surface area contributed by atoms with Crippen molar-refractivity contribution in [1.29, 1.82) is 0 Å². The number of anilines is 4. The number of piperidine rings is 1. The van der Waals surface area contributed by atoms with Crippen molar-refractivity contribution in [3.63, 3.8) is 0 Å². The van der Waals surface area contributed by atoms with E-state index in [-0.39, 0.29) is 67.7 Å². The van der Waals surface area contributed by atoms with Crippen molar-refractivity contribution in [2.24, 2.45) is 0 Å². The molecule has 18 heteroatoms. The Morgan fingerprint density at radius 1 is 0.877 bits per heavy atom. The molecule has 1 unspecified atom stereocenters. The quantitative estimate of drug-likeness (QED) is 0.0269. The van der Waals surface area contributed by atoms with Gasteiger partial charge in [-0.2, -0.15) is 4.47 Å². The van der Waals surface area contributed by atoms with Crippen LogP contribution in [0.1, 0.15) is 70.4 Å². The highest BCUT2D eigenvalue weighted by molar-refractivity contribution is 8.00. The number of nitrogen functional groups attached to an aromatic ring is 1. The number of nitrogens with two attached hydrogens (primary N) is 1. The first-order chi connectivity index (χ1) is 31.4. The zero-order valence-electron chi connectivity index (χ0n) is 35.1. The number of carbonyl (C=O) groups is 6. The van der Waals surface area contributed by atoms with E-state index in [1.54, 1.807) is 72.8 Å². The molecule has 1 aromatic heterocycles. The molecule has 334 valence electrons. The molecular formula is C47H46FN9O7S. The standard InChI is InChI=1S/C47H46FN9O7S/c48-38-23-32(13-15-33(38)29-22-36(44(49)52-24-29)27-8-14-34-28(21-27)18-20-51-45(34)61)65-57(64)31-11-9-30(10-12-31)53-43(60)25-50-19-3-1-2-7-41(58)54-39-6-4-5-35-37(39)26-56(47(35)63)40-16-17-42(59)55-46(40)62/h4-6,8-15,21-24,40,50,64H,1-3,7,16-20,25-26H2,(H2,49,52)(H,51,61)(H,53,60)(H,54,58)(H,55,59,62). The van der Waals surface area contributed by atoms with Gasteiger partial charge in [-0.1, -0.05) is 30.7 Å². The SMILES string of the molecule is Nc1ncc(-c2ccc(SN(O)c3ccc(NC(=O)CNCCCCCC(=O)Nc4cccc5c4CN(C4CCC(=O)NC4=O)C5=O)cc3)cc2F)cc1-c1ccc2c(c1)CCNC2=O. The monoisotopic (exact) mass is 899 g/mol. The van der Waals surface area contributed by atoms with Gasteiger partial charge < -0.3 is 31.9 Å². The van der Waals surface area contributed by atoms with Crippen LogP contribution < -0.4 is 36.8 Å². The summed E-state index contributed by atoms with van der Waals surface area (Å²) in [4.78, 5) is 80.8. The molecule has 0 aliphatic carbocycles. The molecule has 3 aliphatic heterocycles. The predicted molar refractivity (Wildman–Crippen MR) is 243 cm³/mol. The Kier molecular flexibility index (Phi) is 13.5. The first kappa shape index (κ1) is 44.5. The molecule has 0 radical (unpaired) electrons. The first-order valence-electron chi connectivity index (χ1n) is 21.2. The topological polar surface area (TPSA) is 228 Å². The fraction of sp³-hybridized carbons (Fsp3) is 0.255. The second-order valence-electron chi connectivity index (χ2n) is 15.9. The summed E-state index contributed by atoms with van der Waals surface area (Å²) in [6.45, 7) is 1.35. The summed E-state index contributed by atoms with van der Waals surface area (Å²) in [6.07, 6.45) is 4.97. The third kappa shape index (κ3) is 10.3. The summed E-state index contributed by atoms with van der Waals surface area (Å²) in [5.74, 6) is -1.96. The molecule has 1 fully saturated rings. The lowest BCUT2D eigenvalue weighted by molar-refractivity contribution is -0.137. The maximum Gasteiger partial charge on any atom is 0.255 e. The highest BCUT2D eigenvalue weighted by Gasteiger charge is 2.40. The van der Waals surface area contributed by atoms with Gasteiger partial charge in [-0.3, -0.25) is 39.3 Å². The van der Waals surface area contributed by atoms with Gasteiger partial charge in [-0.15, -0.1) is 0 Å². The maximum atomic E-state index is 15.5. The Morgan fingerprint density at radius 2 is 1.69 bits per heavy atom. The number of nitrogens with one attached hydrogen (secondary N) is 5. The molecule has 16 nitrogen and oxygen atoms in total. The second-order valence-corrected chi connectivity index (χ2v) is 16.9. The smallest absolute Gasteiger partial charge is 0.255 e. The number of hydrogen-bond acceptors (Lipinski definition) is 12. The lowest BCUT2D eigenvalue weighted by Crippen LogP contribution is -2.52. The highest BCUT2D eigenvalue weighted by Crippen LogP contribution is 2.36. The fourth-order valence-corrected chi connectivity index (χ4v) is 8.81. The summed E-state index contributed by atoms with van der Waals surface area (Å²) in [7, 11) is 0. The number of nitrogens with zero attached hydrogens (tertiary/aromatic N) is 3. The summed E-state index contributed by atoms with van der Waals surface area (Å²) >= 11 is 0.909. The van der Waals surface area contributed by atoms with Gasteiger partial charge in [0.2, 0.25) is 23.6 Å². The minimum atomic E-state index is -0.738. The number of imide groups is 1. The molecule has 8 N–H and O–H groups in total. The van der Waals surface area contributed by atoms with Gasteiger partial charge in [0, 0.05) is 93.7 Å². The molecule has 0 bridgehead atoms. The summed E-state index contributed by atoms with van der Waals surface area (Å²) < 4.78 is 16.4. The number of fused-ring (bicyclic) bond motifs is 2. The van der Waals surface area contributed by atoms with Gasteiger partial charge in [0.05, 0.1) is 12.2 Å². The van der Waals surface area contributed by atoms with E-state index in [1.807, 2.05) is 6.07 Å². The van der Waals surface area contributed by atoms with Crippen LogP contribution in [-0.4, -0.2) is 76.2 Å². The lowest BCUT2D eigenvalue weighted by atomic mass is 9.94. The van der Waals surface area contributed by atoms with Crippen LogP contribution in [0.3, 0.4) is 0 Å². The van der Waals surface area contributed by atoms with Crippen molar-refractivity contribution in [2.75, 3.05) is 40.5 Å². The van der Waals surface area contributed by atoms with Crippen molar-refractivity contribution in [1.82, 2.24) is 25.8 Å². The Bertz CT molecular complexity index is 2700. The van der Waals surface area contributed by atoms with Crippen molar-refractivity contribution in [2.45, 2.75) is 62.4 Å². The number of amides is 6. The van der Waals surface area contributed by atoms with Crippen LogP contribution in [-0.2, 0) is 32.1 Å². The van der Waals surface area contributed by atoms with E-state index in [2.05, 4.69) is 31.6 Å². The Morgan fingerprint density at radius 3 is 2.49 bits per heavy atom. The first-order valence-corrected chi connectivity index (χ1v) is 22.0. The molecule has 8 rings (SSSR count). The van der Waals surface area contributed by atoms with E-state index in [4.69, 9.17) is 5.73 Å². The van der Waals surface area contributed by atoms with E-state index >= 15 is 4.39 Å². The van der Waals surface area contributed by atoms with E-state index in [0.717, 1.165) is 40.4 Å². The number of halogens is 1. The van der Waals surface area contributed by atoms with Crippen molar-refractivity contribution in [3.05, 3.63) is 119 Å². The maximum absolute atomic E-state index is 15.5. The third-order valence-electron chi connectivity index (χ3n) is 11.5. The zero-order chi connectivity index (χ0) is 45.6. The Labute approximate surface area is 377 Å². The molecule has 4 aromatic carbocycles. The summed E-state index contributed by atoms with van der Waals surface area (Å²) in [5, 5.41) is 24.7. The molecule has 6 amide bonds. The number of unbranched alkanes of at least 4 members (excludes halogenated alkanes) is 2. The number of hydrogen-bond donors (Lipinski definition) is 7. The van der Waals surface area contributed by atoms with Crippen molar-refractivity contribution < 1.29 is 38.4 Å². The molecule has 1 saturated heterocycles. The average molecular weight is 900 g/mol. The van der Waals surface area contributed by atoms with E-state index < -0.39 is 17.8 Å². The Hall–Kier alpha value is -7.15. The molecule has 5 aromatic rings. The molecule has 1 atom stereocenters. The molecule has 0 saturated carbocycles. The van der Waals surface area contributed by atoms with E-state index in [0.29, 0.717) is 81.3 Å². The van der Waals surface area contributed by atoms with E-state index in [9.17, 15) is 34.0 Å². The lowest BCUT2D eigenvalue weighted by Gasteiger charge is -2.29. The van der Waals surface area contributed by atoms with E-state index in [1.165, 1.54) is 17.2 Å². The van der Waals surface area contributed by atoms with Crippen LogP contribution >= 0.6 is 11.9 Å². The van der Waals surface area contributed by atoms with Gasteiger partial charge in [0.15, 0.2) is 0 Å². The molecular weight excluding hydrogens is 854 g/mol. The van der Waals surface area contributed by atoms with Crippen LogP contribution in [0, 0.1) is 5.82 Å². The van der Waals surface area contributed by atoms with Crippen LogP contribution in [0.2, 0.25) is 0 Å². The molecule has 4 heterocycles. The van der Waals surface area contributed by atoms with Crippen LogP contribution in [0.5, 0.6) is 0 Å². The van der Waals surface area contributed by atoms with Crippen LogP contribution in [0.25, 0.3) is 22.3 Å². The third-order valence-corrected chi connectivity index (χ3v) is 12.3. The second kappa shape index (κ2) is 19.7. The minimum Gasteiger partial charge on any atom is -0.383 e. The summed E-state index contributed by atoms with van der Waals surface area (Å²) in [6, 6.07) is 22.7. The number of pyridine rings is 1. The van der Waals surface area contributed by atoms with Gasteiger partial charge in [-0.25, -0.2) is 9.37 Å². The normalized spacial score (nSPS) is 15.5. The van der Waals surface area contributed by atoms with Crippen molar-refractivity contribution in [3.8, 4) is 22.3 Å². The van der Waals surface area contributed by atoms with Crippen molar-refractivity contribution >= 4 is 70.3 Å². The van der Waals surface area contributed by atoms with Crippen LogP contribution in [0.4, 0.5) is 27.3 Å². The van der Waals surface area contributed by atoms with Gasteiger partial charge in [0.1, 0.15) is 17.7 Å². The van der Waals surface area contributed by atoms with Gasteiger partial charge in [0.25, 0.3) is 11.8 Å². The summed E-state index contributed by atoms with van der Waals surface area (Å²) in [5.41, 5.74) is 12.5. The number of benzene rings is 4. The number of aromatic nitrogens is 1. The number of rotatable bonds is 16. The Balaban J connectivity index is 0.741. The fourth-order valence-electron chi connectivity index (χ4n) is 8.10.